The quantitative estimate of drug-likeness (QED) is 0.706. The fraction of sp³-hybridized carbons (Fsp3) is 0.357. The third kappa shape index (κ3) is 4.71. The van der Waals surface area contributed by atoms with E-state index in [4.69, 9.17) is 18.0 Å². The van der Waals surface area contributed by atoms with Crippen molar-refractivity contribution in [1.29, 1.82) is 0 Å². The molecule has 0 aliphatic rings. The number of likely N-dealkylation sites (N-methyl/N-ethyl adjacent to an activating group) is 1. The van der Waals surface area contributed by atoms with E-state index in [2.05, 4.69) is 10.6 Å². The summed E-state index contributed by atoms with van der Waals surface area (Å²) in [5, 5.41) is 4.80. The summed E-state index contributed by atoms with van der Waals surface area (Å²) in [5.74, 6) is -0.373. The molecule has 0 fully saturated rings. The fourth-order valence-corrected chi connectivity index (χ4v) is 1.82. The Morgan fingerprint density at radius 1 is 1.33 bits per heavy atom. The van der Waals surface area contributed by atoms with Gasteiger partial charge < -0.3 is 16.0 Å². The van der Waals surface area contributed by atoms with Crippen molar-refractivity contribution in [1.82, 2.24) is 10.6 Å². The van der Waals surface area contributed by atoms with Crippen molar-refractivity contribution in [3.63, 3.8) is 0 Å². The van der Waals surface area contributed by atoms with Gasteiger partial charge in [-0.2, -0.15) is 0 Å². The van der Waals surface area contributed by atoms with Crippen molar-refractivity contribution in [2.75, 3.05) is 18.5 Å². The lowest BCUT2D eigenvalue weighted by atomic mass is 10.1. The van der Waals surface area contributed by atoms with Crippen LogP contribution in [-0.2, 0) is 4.79 Å². The van der Waals surface area contributed by atoms with E-state index in [1.165, 1.54) is 0 Å². The number of imide groups is 1. The molecule has 0 aromatic heterocycles. The van der Waals surface area contributed by atoms with Crippen molar-refractivity contribution in [3.05, 3.63) is 29.8 Å². The normalized spacial score (nSPS) is 11.4. The second kappa shape index (κ2) is 7.58. The smallest absolute Gasteiger partial charge is 0.321 e. The number of benzene rings is 1. The first-order valence-electron chi connectivity index (χ1n) is 6.58. The summed E-state index contributed by atoms with van der Waals surface area (Å²) < 4.78 is 0. The number of carbonyl (C=O) groups is 2. The van der Waals surface area contributed by atoms with Crippen LogP contribution in [-0.4, -0.2) is 36.6 Å². The maximum absolute atomic E-state index is 12.0. The predicted octanol–water partition coefficient (Wildman–Crippen LogP) is 0.991. The van der Waals surface area contributed by atoms with E-state index >= 15 is 0 Å². The van der Waals surface area contributed by atoms with Gasteiger partial charge in [-0.3, -0.25) is 10.1 Å². The zero-order valence-electron chi connectivity index (χ0n) is 12.3. The number of hydrogen-bond donors (Lipinski definition) is 3. The molecule has 0 heterocycles. The molecule has 114 valence electrons. The number of nitrogens with zero attached hydrogens (tertiary/aromatic N) is 1. The van der Waals surface area contributed by atoms with Gasteiger partial charge in [0.05, 0.1) is 0 Å². The molecule has 0 radical (unpaired) electrons. The topological polar surface area (TPSA) is 87.5 Å². The summed E-state index contributed by atoms with van der Waals surface area (Å²) in [6.45, 7) is 3.96. The Labute approximate surface area is 129 Å². The Bertz CT molecular complexity index is 530. The number of nitrogens with one attached hydrogen (secondary N) is 2. The minimum Gasteiger partial charge on any atom is -0.389 e. The minimum atomic E-state index is -0.497. The molecule has 0 saturated carbocycles. The van der Waals surface area contributed by atoms with Crippen LogP contribution in [0.3, 0.4) is 0 Å². The van der Waals surface area contributed by atoms with Gasteiger partial charge in [-0.1, -0.05) is 12.2 Å². The van der Waals surface area contributed by atoms with Crippen molar-refractivity contribution in [2.45, 2.75) is 19.9 Å². The number of thiocarbonyl (C=S) groups is 1. The Kier molecular flexibility index (Phi) is 6.10. The highest BCUT2D eigenvalue weighted by atomic mass is 32.1. The van der Waals surface area contributed by atoms with Crippen LogP contribution in [0.5, 0.6) is 0 Å². The minimum absolute atomic E-state index is 0.325. The standard InChI is InChI=1S/C14H20N4O2S/c1-4-16-14(20)17-13(19)9(2)18(3)11-7-5-10(6-8-11)12(15)21/h5-9H,4H2,1-3H3,(H2,15,21)(H2,16,17,19,20). The van der Waals surface area contributed by atoms with Gasteiger partial charge in [0, 0.05) is 24.8 Å². The monoisotopic (exact) mass is 308 g/mol. The maximum Gasteiger partial charge on any atom is 0.321 e. The van der Waals surface area contributed by atoms with E-state index < -0.39 is 12.1 Å². The molecular weight excluding hydrogens is 288 g/mol. The molecule has 1 rings (SSSR count). The van der Waals surface area contributed by atoms with Gasteiger partial charge in [0.1, 0.15) is 11.0 Å². The molecule has 0 aliphatic carbocycles. The number of rotatable bonds is 5. The summed E-state index contributed by atoms with van der Waals surface area (Å²) in [6, 6.07) is 6.25. The number of urea groups is 1. The summed E-state index contributed by atoms with van der Waals surface area (Å²) >= 11 is 4.89. The number of amides is 3. The molecule has 0 bridgehead atoms. The zero-order chi connectivity index (χ0) is 16.0. The van der Waals surface area contributed by atoms with Crippen LogP contribution in [0.4, 0.5) is 10.5 Å². The van der Waals surface area contributed by atoms with E-state index in [1.807, 2.05) is 12.1 Å². The summed E-state index contributed by atoms with van der Waals surface area (Å²) in [7, 11) is 1.78. The van der Waals surface area contributed by atoms with Crippen molar-refractivity contribution in [2.24, 2.45) is 5.73 Å². The predicted molar refractivity (Wildman–Crippen MR) is 87.4 cm³/mol. The summed E-state index contributed by atoms with van der Waals surface area (Å²) in [4.78, 5) is 25.4. The number of hydrogen-bond acceptors (Lipinski definition) is 4. The molecule has 1 aromatic rings. The Hall–Kier alpha value is -2.15. The third-order valence-electron chi connectivity index (χ3n) is 3.09. The van der Waals surface area contributed by atoms with Crippen molar-refractivity contribution < 1.29 is 9.59 Å². The highest BCUT2D eigenvalue weighted by molar-refractivity contribution is 7.80. The van der Waals surface area contributed by atoms with Crippen molar-refractivity contribution in [3.8, 4) is 0 Å². The Balaban J connectivity index is 2.72. The molecule has 0 saturated heterocycles. The van der Waals surface area contributed by atoms with Gasteiger partial charge in [-0.05, 0) is 38.1 Å². The molecular formula is C14H20N4O2S. The van der Waals surface area contributed by atoms with Crippen molar-refractivity contribution >= 4 is 34.8 Å². The lowest BCUT2D eigenvalue weighted by Gasteiger charge is -2.26. The second-order valence-electron chi connectivity index (χ2n) is 4.55. The largest absolute Gasteiger partial charge is 0.389 e. The highest BCUT2D eigenvalue weighted by Gasteiger charge is 2.20. The summed E-state index contributed by atoms with van der Waals surface area (Å²) in [6.07, 6.45) is 0. The zero-order valence-corrected chi connectivity index (χ0v) is 13.2. The molecule has 0 spiro atoms. The van der Waals surface area contributed by atoms with E-state index in [1.54, 1.807) is 37.9 Å². The van der Waals surface area contributed by atoms with Crippen LogP contribution in [0.25, 0.3) is 0 Å². The van der Waals surface area contributed by atoms with Gasteiger partial charge in [0.25, 0.3) is 0 Å². The van der Waals surface area contributed by atoms with Crippen LogP contribution in [0, 0.1) is 0 Å². The summed E-state index contributed by atoms with van der Waals surface area (Å²) in [5.41, 5.74) is 7.13. The first-order valence-corrected chi connectivity index (χ1v) is 6.99. The average Bonchev–Trinajstić information content (AvgIpc) is 2.45. The SMILES string of the molecule is CCNC(=O)NC(=O)C(C)N(C)c1ccc(C(N)=S)cc1. The third-order valence-corrected chi connectivity index (χ3v) is 3.33. The molecule has 7 heteroatoms. The highest BCUT2D eigenvalue weighted by Crippen LogP contribution is 2.16. The van der Waals surface area contributed by atoms with Crippen LogP contribution < -0.4 is 21.3 Å². The van der Waals surface area contributed by atoms with Crippen LogP contribution in [0.2, 0.25) is 0 Å². The second-order valence-corrected chi connectivity index (χ2v) is 4.99. The Morgan fingerprint density at radius 2 is 1.90 bits per heavy atom. The molecule has 0 aliphatic heterocycles. The van der Waals surface area contributed by atoms with Gasteiger partial charge >= 0.3 is 6.03 Å². The number of anilines is 1. The lowest BCUT2D eigenvalue weighted by Crippen LogP contribution is -2.48. The van der Waals surface area contributed by atoms with Gasteiger partial charge in [0.2, 0.25) is 5.91 Å². The van der Waals surface area contributed by atoms with E-state index in [9.17, 15) is 9.59 Å². The average molecular weight is 308 g/mol. The van der Waals surface area contributed by atoms with Crippen LogP contribution >= 0.6 is 12.2 Å². The maximum atomic E-state index is 12.0. The van der Waals surface area contributed by atoms with E-state index in [-0.39, 0.29) is 5.91 Å². The number of carbonyl (C=O) groups excluding carboxylic acids is 2. The molecule has 1 atom stereocenters. The number of nitrogens with two attached hydrogens (primary N) is 1. The fourth-order valence-electron chi connectivity index (χ4n) is 1.68. The first-order chi connectivity index (χ1) is 9.86. The molecule has 21 heavy (non-hydrogen) atoms. The van der Waals surface area contributed by atoms with E-state index in [0.29, 0.717) is 11.5 Å². The Morgan fingerprint density at radius 3 is 2.38 bits per heavy atom. The van der Waals surface area contributed by atoms with Gasteiger partial charge in [-0.25, -0.2) is 4.79 Å². The molecule has 1 aromatic carbocycles. The van der Waals surface area contributed by atoms with Gasteiger partial charge in [0.15, 0.2) is 0 Å². The molecule has 4 N–H and O–H groups in total. The van der Waals surface area contributed by atoms with E-state index in [0.717, 1.165) is 11.3 Å². The van der Waals surface area contributed by atoms with Gasteiger partial charge in [-0.15, -0.1) is 0 Å². The molecule has 6 nitrogen and oxygen atoms in total. The lowest BCUT2D eigenvalue weighted by molar-refractivity contribution is -0.120. The van der Waals surface area contributed by atoms with Crippen LogP contribution in [0.15, 0.2) is 24.3 Å². The molecule has 3 amide bonds. The first kappa shape index (κ1) is 16.9. The van der Waals surface area contributed by atoms with Crippen LogP contribution in [0.1, 0.15) is 19.4 Å². The molecule has 1 unspecified atom stereocenters.